The molecule has 0 aliphatic carbocycles. The van der Waals surface area contributed by atoms with Crippen molar-refractivity contribution in [3.8, 4) is 11.5 Å². The Morgan fingerprint density at radius 2 is 1.80 bits per heavy atom. The maximum atomic E-state index is 13.5. The normalized spacial score (nSPS) is 16.5. The highest BCUT2D eigenvalue weighted by Crippen LogP contribution is 2.37. The van der Waals surface area contributed by atoms with Gasteiger partial charge < -0.3 is 19.5 Å². The number of amides is 1. The van der Waals surface area contributed by atoms with Crippen molar-refractivity contribution < 1.29 is 9.53 Å². The van der Waals surface area contributed by atoms with Crippen molar-refractivity contribution in [3.05, 3.63) is 95.7 Å². The Kier molecular flexibility index (Phi) is 9.79. The van der Waals surface area contributed by atoms with E-state index in [2.05, 4.69) is 72.1 Å². The molecule has 1 amide bonds. The predicted octanol–water partition coefficient (Wildman–Crippen LogP) is 7.92. The van der Waals surface area contributed by atoms with Crippen LogP contribution >= 0.6 is 0 Å². The summed E-state index contributed by atoms with van der Waals surface area (Å²) in [5, 5.41) is 4.48. The molecule has 5 rings (SSSR count). The Balaban J connectivity index is 1.39. The number of piperidine rings is 1. The Morgan fingerprint density at radius 3 is 2.59 bits per heavy atom. The van der Waals surface area contributed by atoms with E-state index in [0.29, 0.717) is 19.0 Å². The van der Waals surface area contributed by atoms with Crippen LogP contribution in [0.3, 0.4) is 0 Å². The van der Waals surface area contributed by atoms with Gasteiger partial charge in [-0.15, -0.1) is 0 Å². The van der Waals surface area contributed by atoms with Crippen molar-refractivity contribution in [1.29, 1.82) is 0 Å². The average Bonchev–Trinajstić information content (AvgIpc) is 3.38. The molecule has 3 aromatic carbocycles. The van der Waals surface area contributed by atoms with Crippen LogP contribution in [0.5, 0.6) is 11.5 Å². The van der Waals surface area contributed by atoms with Crippen LogP contribution < -0.4 is 10.1 Å². The molecule has 1 aliphatic rings. The summed E-state index contributed by atoms with van der Waals surface area (Å²) < 4.78 is 8.54. The molecule has 2 heterocycles. The number of fused-ring (bicyclic) bond motifs is 1. The number of hydrogen-bond donors (Lipinski definition) is 1. The minimum absolute atomic E-state index is 0.0844. The molecule has 5 heteroatoms. The number of aryl methyl sites for hydroxylation is 2. The van der Waals surface area contributed by atoms with Gasteiger partial charge in [0.1, 0.15) is 11.5 Å². The van der Waals surface area contributed by atoms with Crippen molar-refractivity contribution >= 4 is 16.8 Å². The number of likely N-dealkylation sites (tertiary alicyclic amines) is 1. The SMILES string of the molecule is CCc1cccc2c([C@H](CC(=O)NCCCN3CCCC[C@H]3C)c3cccc(Oc4ccccc4)c3)cn(CC)c12. The number of rotatable bonds is 12. The van der Waals surface area contributed by atoms with E-state index < -0.39 is 0 Å². The van der Waals surface area contributed by atoms with Gasteiger partial charge in [-0.1, -0.05) is 61.9 Å². The fourth-order valence-electron chi connectivity index (χ4n) is 6.36. The maximum absolute atomic E-state index is 13.5. The molecule has 4 aromatic rings. The van der Waals surface area contributed by atoms with Crippen molar-refractivity contribution in [2.75, 3.05) is 19.6 Å². The largest absolute Gasteiger partial charge is 0.457 e. The first-order valence-corrected chi connectivity index (χ1v) is 15.5. The molecule has 41 heavy (non-hydrogen) atoms. The molecule has 0 spiro atoms. The van der Waals surface area contributed by atoms with Gasteiger partial charge in [-0.05, 0) is 87.0 Å². The summed E-state index contributed by atoms with van der Waals surface area (Å²) in [6.07, 6.45) is 8.53. The molecular weight excluding hydrogens is 506 g/mol. The third kappa shape index (κ3) is 7.02. The van der Waals surface area contributed by atoms with Crippen LogP contribution in [0.2, 0.25) is 0 Å². The van der Waals surface area contributed by atoms with Gasteiger partial charge in [0.05, 0.1) is 5.52 Å². The molecule has 2 atom stereocenters. The second-order valence-corrected chi connectivity index (χ2v) is 11.4. The smallest absolute Gasteiger partial charge is 0.220 e. The molecule has 0 radical (unpaired) electrons. The lowest BCUT2D eigenvalue weighted by atomic mass is 9.87. The lowest BCUT2D eigenvalue weighted by molar-refractivity contribution is -0.121. The Hall–Kier alpha value is -3.57. The van der Waals surface area contributed by atoms with Crippen molar-refractivity contribution in [1.82, 2.24) is 14.8 Å². The number of nitrogens with zero attached hydrogens (tertiary/aromatic N) is 2. The topological polar surface area (TPSA) is 46.5 Å². The highest BCUT2D eigenvalue weighted by atomic mass is 16.5. The number of hydrogen-bond acceptors (Lipinski definition) is 3. The van der Waals surface area contributed by atoms with Crippen LogP contribution in [-0.4, -0.2) is 41.1 Å². The van der Waals surface area contributed by atoms with E-state index in [0.717, 1.165) is 43.0 Å². The van der Waals surface area contributed by atoms with Gasteiger partial charge in [0.15, 0.2) is 0 Å². The van der Waals surface area contributed by atoms with E-state index in [1.807, 2.05) is 42.5 Å². The van der Waals surface area contributed by atoms with Crippen LogP contribution in [0.25, 0.3) is 10.9 Å². The summed E-state index contributed by atoms with van der Waals surface area (Å²) in [5.74, 6) is 1.60. The quantitative estimate of drug-likeness (QED) is 0.182. The molecular formula is C36H45N3O2. The highest BCUT2D eigenvalue weighted by Gasteiger charge is 2.24. The third-order valence-electron chi connectivity index (χ3n) is 8.62. The summed E-state index contributed by atoms with van der Waals surface area (Å²) in [5.41, 5.74) is 4.91. The molecule has 0 bridgehead atoms. The van der Waals surface area contributed by atoms with Crippen LogP contribution in [0, 0.1) is 0 Å². The molecule has 5 nitrogen and oxygen atoms in total. The molecule has 1 fully saturated rings. The second kappa shape index (κ2) is 13.9. The number of carbonyl (C=O) groups is 1. The lowest BCUT2D eigenvalue weighted by Gasteiger charge is -2.33. The van der Waals surface area contributed by atoms with E-state index in [4.69, 9.17) is 4.74 Å². The van der Waals surface area contributed by atoms with Crippen LogP contribution in [0.1, 0.15) is 75.5 Å². The van der Waals surface area contributed by atoms with E-state index >= 15 is 0 Å². The number of ether oxygens (including phenoxy) is 1. The molecule has 1 saturated heterocycles. The zero-order valence-corrected chi connectivity index (χ0v) is 24.9. The van der Waals surface area contributed by atoms with Gasteiger partial charge in [0, 0.05) is 49.6 Å². The van der Waals surface area contributed by atoms with Crippen LogP contribution in [0.4, 0.5) is 0 Å². The number of carbonyl (C=O) groups excluding carboxylic acids is 1. The number of aromatic nitrogens is 1. The van der Waals surface area contributed by atoms with E-state index in [9.17, 15) is 4.79 Å². The fraction of sp³-hybridized carbons (Fsp3) is 0.417. The van der Waals surface area contributed by atoms with Crippen LogP contribution in [-0.2, 0) is 17.8 Å². The molecule has 1 aliphatic heterocycles. The predicted molar refractivity (Wildman–Crippen MR) is 169 cm³/mol. The standard InChI is InChI=1S/C36H45N3O2/c1-4-28-15-12-20-32-34(26-38(5-2)36(28)32)33(25-35(40)37-21-13-23-39-22-10-9-14-27(39)3)29-16-11-19-31(24-29)41-30-17-7-6-8-18-30/h6-8,11-12,15-20,24,26-27,33H,4-5,9-10,13-14,21-23,25H2,1-3H3,(H,37,40)/t27-,33-/m1/s1. The van der Waals surface area contributed by atoms with Gasteiger partial charge in [-0.25, -0.2) is 0 Å². The van der Waals surface area contributed by atoms with Gasteiger partial charge in [0.25, 0.3) is 0 Å². The minimum atomic E-state index is -0.0844. The number of para-hydroxylation sites is 2. The highest BCUT2D eigenvalue weighted by molar-refractivity contribution is 5.89. The average molecular weight is 552 g/mol. The molecule has 0 saturated carbocycles. The number of nitrogens with one attached hydrogen (secondary N) is 1. The Bertz CT molecular complexity index is 1430. The molecule has 216 valence electrons. The van der Waals surface area contributed by atoms with Gasteiger partial charge in [-0.2, -0.15) is 0 Å². The van der Waals surface area contributed by atoms with E-state index in [1.54, 1.807) is 0 Å². The first-order chi connectivity index (χ1) is 20.1. The second-order valence-electron chi connectivity index (χ2n) is 11.4. The maximum Gasteiger partial charge on any atom is 0.220 e. The Labute approximate surface area is 245 Å². The summed E-state index contributed by atoms with van der Waals surface area (Å²) in [7, 11) is 0. The summed E-state index contributed by atoms with van der Waals surface area (Å²) in [6.45, 7) is 10.6. The van der Waals surface area contributed by atoms with Crippen LogP contribution in [0.15, 0.2) is 79.0 Å². The van der Waals surface area contributed by atoms with Gasteiger partial charge >= 0.3 is 0 Å². The lowest BCUT2D eigenvalue weighted by Crippen LogP contribution is -2.39. The van der Waals surface area contributed by atoms with Crippen molar-refractivity contribution in [3.63, 3.8) is 0 Å². The summed E-state index contributed by atoms with van der Waals surface area (Å²) >= 11 is 0. The first kappa shape index (κ1) is 28.9. The fourth-order valence-corrected chi connectivity index (χ4v) is 6.36. The molecule has 1 N–H and O–H groups in total. The van der Waals surface area contributed by atoms with E-state index in [-0.39, 0.29) is 11.8 Å². The number of benzene rings is 3. The van der Waals surface area contributed by atoms with Gasteiger partial charge in [0.2, 0.25) is 5.91 Å². The third-order valence-corrected chi connectivity index (χ3v) is 8.62. The summed E-state index contributed by atoms with van der Waals surface area (Å²) in [6, 6.07) is 25.3. The first-order valence-electron chi connectivity index (χ1n) is 15.5. The minimum Gasteiger partial charge on any atom is -0.457 e. The molecule has 1 aromatic heterocycles. The monoisotopic (exact) mass is 551 g/mol. The zero-order chi connectivity index (χ0) is 28.6. The molecule has 0 unspecified atom stereocenters. The van der Waals surface area contributed by atoms with Gasteiger partial charge in [-0.3, -0.25) is 4.79 Å². The Morgan fingerprint density at radius 1 is 1.00 bits per heavy atom. The zero-order valence-electron chi connectivity index (χ0n) is 24.9. The summed E-state index contributed by atoms with van der Waals surface area (Å²) in [4.78, 5) is 16.0. The van der Waals surface area contributed by atoms with Crippen molar-refractivity contribution in [2.45, 2.75) is 77.8 Å². The van der Waals surface area contributed by atoms with Crippen molar-refractivity contribution in [2.24, 2.45) is 0 Å². The van der Waals surface area contributed by atoms with E-state index in [1.165, 1.54) is 47.8 Å².